The van der Waals surface area contributed by atoms with Crippen molar-refractivity contribution < 1.29 is 19.0 Å². The van der Waals surface area contributed by atoms with Crippen molar-refractivity contribution in [1.82, 2.24) is 10.3 Å². The molecule has 2 N–H and O–H groups in total. The van der Waals surface area contributed by atoms with E-state index in [1.54, 1.807) is 25.4 Å². The molecular weight excluding hydrogens is 358 g/mol. The first-order valence-electron chi connectivity index (χ1n) is 8.76. The fourth-order valence-electron chi connectivity index (χ4n) is 2.89. The zero-order valence-corrected chi connectivity index (χ0v) is 15.3. The molecule has 0 radical (unpaired) electrons. The highest BCUT2D eigenvalue weighted by Crippen LogP contribution is 2.35. The second kappa shape index (κ2) is 7.87. The Kier molecular flexibility index (Phi) is 4.97. The zero-order valence-electron chi connectivity index (χ0n) is 15.3. The van der Waals surface area contributed by atoms with Crippen molar-refractivity contribution in [3.63, 3.8) is 0 Å². The molecule has 1 aliphatic heterocycles. The van der Waals surface area contributed by atoms with Gasteiger partial charge in [0.2, 0.25) is 6.79 Å². The number of carbonyl (C=O) groups is 1. The highest BCUT2D eigenvalue weighted by Gasteiger charge is 2.14. The summed E-state index contributed by atoms with van der Waals surface area (Å²) in [5.41, 5.74) is 2.79. The van der Waals surface area contributed by atoms with Gasteiger partial charge in [0.1, 0.15) is 11.4 Å². The number of ether oxygens (including phenoxy) is 3. The maximum Gasteiger partial charge on any atom is 0.270 e. The number of nitrogens with one attached hydrogen (secondary N) is 2. The minimum absolute atomic E-state index is 0.227. The molecule has 2 aromatic carbocycles. The van der Waals surface area contributed by atoms with E-state index in [1.165, 1.54) is 0 Å². The van der Waals surface area contributed by atoms with Gasteiger partial charge in [-0.25, -0.2) is 0 Å². The molecule has 1 aliphatic rings. The van der Waals surface area contributed by atoms with Gasteiger partial charge in [0.15, 0.2) is 11.5 Å². The van der Waals surface area contributed by atoms with E-state index in [-0.39, 0.29) is 12.7 Å². The molecule has 0 saturated carbocycles. The van der Waals surface area contributed by atoms with Crippen molar-refractivity contribution >= 4 is 17.3 Å². The first-order chi connectivity index (χ1) is 13.7. The number of carbonyl (C=O) groups excluding carboxylic acids is 1. The molecule has 28 heavy (non-hydrogen) atoms. The molecule has 0 atom stereocenters. The smallest absolute Gasteiger partial charge is 0.270 e. The summed E-state index contributed by atoms with van der Waals surface area (Å²) in [5, 5.41) is 6.11. The summed E-state index contributed by atoms with van der Waals surface area (Å²) in [4.78, 5) is 16.7. The summed E-state index contributed by atoms with van der Waals surface area (Å²) >= 11 is 0. The van der Waals surface area contributed by atoms with Crippen molar-refractivity contribution in [1.29, 1.82) is 0 Å². The van der Waals surface area contributed by atoms with E-state index < -0.39 is 0 Å². The third-order valence-corrected chi connectivity index (χ3v) is 4.29. The van der Waals surface area contributed by atoms with E-state index >= 15 is 0 Å². The Morgan fingerprint density at radius 2 is 1.89 bits per heavy atom. The summed E-state index contributed by atoms with van der Waals surface area (Å²) in [6.07, 6.45) is 1.59. The molecule has 1 aromatic heterocycles. The van der Waals surface area contributed by atoms with Crippen LogP contribution in [-0.4, -0.2) is 24.8 Å². The Balaban J connectivity index is 1.43. The molecule has 3 aromatic rings. The third-order valence-electron chi connectivity index (χ3n) is 4.29. The van der Waals surface area contributed by atoms with E-state index in [4.69, 9.17) is 14.2 Å². The van der Waals surface area contributed by atoms with Crippen LogP contribution in [0.3, 0.4) is 0 Å². The molecule has 4 rings (SSSR count). The molecule has 0 fully saturated rings. The molecular formula is C21H19N3O4. The van der Waals surface area contributed by atoms with E-state index in [1.807, 2.05) is 42.5 Å². The maximum atomic E-state index is 12.5. The Labute approximate surface area is 162 Å². The molecule has 0 spiro atoms. The van der Waals surface area contributed by atoms with Gasteiger partial charge in [0.25, 0.3) is 5.91 Å². The predicted octanol–water partition coefficient (Wildman–Crippen LogP) is 3.49. The van der Waals surface area contributed by atoms with Gasteiger partial charge >= 0.3 is 0 Å². The quantitative estimate of drug-likeness (QED) is 0.684. The minimum atomic E-state index is -0.264. The number of pyridine rings is 1. The number of nitrogens with zero attached hydrogens (tertiary/aromatic N) is 1. The van der Waals surface area contributed by atoms with Gasteiger partial charge in [-0.1, -0.05) is 18.2 Å². The summed E-state index contributed by atoms with van der Waals surface area (Å²) < 4.78 is 16.0. The molecule has 142 valence electrons. The van der Waals surface area contributed by atoms with Crippen molar-refractivity contribution in [3.05, 3.63) is 72.1 Å². The van der Waals surface area contributed by atoms with Gasteiger partial charge in [0, 0.05) is 35.7 Å². The number of amides is 1. The van der Waals surface area contributed by atoms with Gasteiger partial charge < -0.3 is 24.8 Å². The van der Waals surface area contributed by atoms with Crippen LogP contribution in [-0.2, 0) is 6.54 Å². The van der Waals surface area contributed by atoms with Crippen LogP contribution in [0.15, 0.2) is 60.8 Å². The van der Waals surface area contributed by atoms with Crippen molar-refractivity contribution in [2.45, 2.75) is 6.54 Å². The lowest BCUT2D eigenvalue weighted by Gasteiger charge is -2.11. The van der Waals surface area contributed by atoms with Crippen LogP contribution in [0, 0.1) is 0 Å². The van der Waals surface area contributed by atoms with Gasteiger partial charge in [-0.05, 0) is 30.3 Å². The summed E-state index contributed by atoms with van der Waals surface area (Å²) in [7, 11) is 1.60. The Hall–Kier alpha value is -3.74. The van der Waals surface area contributed by atoms with Crippen LogP contribution in [0.4, 0.5) is 11.4 Å². The van der Waals surface area contributed by atoms with Crippen LogP contribution < -0.4 is 24.8 Å². The number of anilines is 2. The van der Waals surface area contributed by atoms with E-state index in [0.717, 1.165) is 28.4 Å². The minimum Gasteiger partial charge on any atom is -0.496 e. The zero-order chi connectivity index (χ0) is 19.3. The average Bonchev–Trinajstić information content (AvgIpc) is 3.20. The summed E-state index contributed by atoms with van der Waals surface area (Å²) in [5.74, 6) is 1.87. The second-order valence-corrected chi connectivity index (χ2v) is 6.12. The highest BCUT2D eigenvalue weighted by atomic mass is 16.7. The van der Waals surface area contributed by atoms with Crippen LogP contribution in [0.1, 0.15) is 16.1 Å². The number of hydrogen-bond acceptors (Lipinski definition) is 6. The van der Waals surface area contributed by atoms with Gasteiger partial charge in [-0.2, -0.15) is 0 Å². The van der Waals surface area contributed by atoms with Crippen LogP contribution in [0.5, 0.6) is 17.2 Å². The lowest BCUT2D eigenvalue weighted by molar-refractivity contribution is 0.0945. The molecule has 0 saturated heterocycles. The van der Waals surface area contributed by atoms with Crippen molar-refractivity contribution in [3.8, 4) is 17.2 Å². The molecule has 0 aliphatic carbocycles. The number of rotatable bonds is 6. The summed E-state index contributed by atoms with van der Waals surface area (Å²) in [6.45, 7) is 0.578. The number of aromatic nitrogens is 1. The number of fused-ring (bicyclic) bond motifs is 1. The van der Waals surface area contributed by atoms with Crippen molar-refractivity contribution in [2.75, 3.05) is 19.2 Å². The molecule has 0 unspecified atom stereocenters. The van der Waals surface area contributed by atoms with Gasteiger partial charge in [-0.15, -0.1) is 0 Å². The standard InChI is InChI=1S/C21H19N3O4/c1-26-18-5-3-2-4-14(18)12-23-21(25)17-10-16(8-9-22-17)24-15-6-7-19-20(11-15)28-13-27-19/h2-11H,12-13H2,1H3,(H,22,24)(H,23,25). The Bertz CT molecular complexity index is 1010. The molecule has 1 amide bonds. The SMILES string of the molecule is COc1ccccc1CNC(=O)c1cc(Nc2ccc3c(c2)OCO3)ccn1. The first-order valence-corrected chi connectivity index (χ1v) is 8.76. The Morgan fingerprint density at radius 3 is 2.79 bits per heavy atom. The predicted molar refractivity (Wildman–Crippen MR) is 104 cm³/mol. The number of methoxy groups -OCH3 is 1. The molecule has 2 heterocycles. The van der Waals surface area contributed by atoms with Gasteiger partial charge in [0.05, 0.1) is 7.11 Å². The van der Waals surface area contributed by atoms with E-state index in [2.05, 4.69) is 15.6 Å². The number of benzene rings is 2. The normalized spacial score (nSPS) is 11.8. The highest BCUT2D eigenvalue weighted by molar-refractivity contribution is 5.93. The van der Waals surface area contributed by atoms with Crippen LogP contribution in [0.25, 0.3) is 0 Å². The lowest BCUT2D eigenvalue weighted by Crippen LogP contribution is -2.24. The topological polar surface area (TPSA) is 81.7 Å². The molecule has 7 nitrogen and oxygen atoms in total. The first kappa shape index (κ1) is 17.7. The second-order valence-electron chi connectivity index (χ2n) is 6.12. The fraction of sp³-hybridized carbons (Fsp3) is 0.143. The molecule has 0 bridgehead atoms. The lowest BCUT2D eigenvalue weighted by atomic mass is 10.2. The van der Waals surface area contributed by atoms with E-state index in [0.29, 0.717) is 18.0 Å². The van der Waals surface area contributed by atoms with Crippen LogP contribution in [0.2, 0.25) is 0 Å². The number of hydrogen-bond donors (Lipinski definition) is 2. The molecule has 7 heteroatoms. The number of para-hydroxylation sites is 1. The van der Waals surface area contributed by atoms with Crippen molar-refractivity contribution in [2.24, 2.45) is 0 Å². The Morgan fingerprint density at radius 1 is 1.07 bits per heavy atom. The largest absolute Gasteiger partial charge is 0.496 e. The maximum absolute atomic E-state index is 12.5. The fourth-order valence-corrected chi connectivity index (χ4v) is 2.89. The van der Waals surface area contributed by atoms with Gasteiger partial charge in [-0.3, -0.25) is 9.78 Å². The van der Waals surface area contributed by atoms with E-state index in [9.17, 15) is 4.79 Å². The average molecular weight is 377 g/mol. The summed E-state index contributed by atoms with van der Waals surface area (Å²) in [6, 6.07) is 16.6. The monoisotopic (exact) mass is 377 g/mol. The van der Waals surface area contributed by atoms with Crippen LogP contribution >= 0.6 is 0 Å². The third kappa shape index (κ3) is 3.83.